The van der Waals surface area contributed by atoms with Gasteiger partial charge in [-0.25, -0.2) is 4.79 Å². The molecular formula is C20H18F3IN2O2. The summed E-state index contributed by atoms with van der Waals surface area (Å²) in [5.41, 5.74) is 1.94. The normalized spacial score (nSPS) is 12.2. The van der Waals surface area contributed by atoms with Crippen molar-refractivity contribution in [3.63, 3.8) is 0 Å². The van der Waals surface area contributed by atoms with Gasteiger partial charge in [0.15, 0.2) is 0 Å². The van der Waals surface area contributed by atoms with Crippen LogP contribution in [-0.2, 0) is 22.3 Å². The van der Waals surface area contributed by atoms with Crippen molar-refractivity contribution in [1.82, 2.24) is 5.32 Å². The lowest BCUT2D eigenvalue weighted by Gasteiger charge is -2.10. The molecule has 0 atom stereocenters. The minimum absolute atomic E-state index is 0.238. The summed E-state index contributed by atoms with van der Waals surface area (Å²) in [4.78, 5) is 15.8. The van der Waals surface area contributed by atoms with Crippen molar-refractivity contribution in [2.24, 2.45) is 4.99 Å². The van der Waals surface area contributed by atoms with Crippen LogP contribution in [0.3, 0.4) is 0 Å². The van der Waals surface area contributed by atoms with E-state index in [4.69, 9.17) is 4.74 Å². The average molecular weight is 502 g/mol. The van der Waals surface area contributed by atoms with E-state index in [-0.39, 0.29) is 12.3 Å². The summed E-state index contributed by atoms with van der Waals surface area (Å²) in [7, 11) is 0. The van der Waals surface area contributed by atoms with Crippen LogP contribution in [0.15, 0.2) is 65.4 Å². The smallest absolute Gasteiger partial charge is 0.416 e. The number of carbonyl (C=O) groups is 1. The zero-order valence-electron chi connectivity index (χ0n) is 15.0. The quantitative estimate of drug-likeness (QED) is 0.241. The molecule has 0 aromatic heterocycles. The number of benzene rings is 2. The Balaban J connectivity index is 2.06. The molecule has 4 nitrogen and oxygen atoms in total. The molecule has 0 fully saturated rings. The molecule has 0 bridgehead atoms. The highest BCUT2D eigenvalue weighted by molar-refractivity contribution is 14.1. The molecule has 2 aromatic rings. The third kappa shape index (κ3) is 6.36. The number of nitrogens with zero attached hydrogens (tertiary/aromatic N) is 1. The number of hydrogen-bond donors (Lipinski definition) is 1. The first kappa shape index (κ1) is 21.9. The maximum Gasteiger partial charge on any atom is 0.416 e. The van der Waals surface area contributed by atoms with E-state index in [1.807, 2.05) is 46.9 Å². The van der Waals surface area contributed by atoms with Crippen molar-refractivity contribution in [3.05, 3.63) is 71.6 Å². The van der Waals surface area contributed by atoms with Gasteiger partial charge in [0.2, 0.25) is 0 Å². The van der Waals surface area contributed by atoms with Crippen molar-refractivity contribution < 1.29 is 22.7 Å². The van der Waals surface area contributed by atoms with Gasteiger partial charge in [0.25, 0.3) is 0 Å². The number of nitrogens with one attached hydrogen (secondary N) is 1. The van der Waals surface area contributed by atoms with E-state index in [1.165, 1.54) is 22.6 Å². The second-order valence-corrected chi connectivity index (χ2v) is 6.19. The van der Waals surface area contributed by atoms with Gasteiger partial charge in [0.1, 0.15) is 5.70 Å². The molecule has 0 aliphatic carbocycles. The van der Waals surface area contributed by atoms with E-state index in [2.05, 4.69) is 10.3 Å². The van der Waals surface area contributed by atoms with Crippen LogP contribution in [0.2, 0.25) is 0 Å². The topological polar surface area (TPSA) is 50.7 Å². The molecule has 2 aromatic carbocycles. The summed E-state index contributed by atoms with van der Waals surface area (Å²) >= 11 is 1.94. The van der Waals surface area contributed by atoms with E-state index < -0.39 is 17.7 Å². The molecule has 8 heteroatoms. The Kier molecular flexibility index (Phi) is 8.04. The lowest BCUT2D eigenvalue weighted by atomic mass is 10.0. The van der Waals surface area contributed by atoms with Crippen LogP contribution in [0.5, 0.6) is 0 Å². The Hall–Kier alpha value is -2.36. The van der Waals surface area contributed by atoms with Crippen LogP contribution < -0.4 is 5.32 Å². The number of rotatable bonds is 7. The van der Waals surface area contributed by atoms with Gasteiger partial charge in [-0.3, -0.25) is 4.99 Å². The van der Waals surface area contributed by atoms with Gasteiger partial charge in [-0.2, -0.15) is 13.2 Å². The van der Waals surface area contributed by atoms with E-state index >= 15 is 0 Å². The van der Waals surface area contributed by atoms with Crippen LogP contribution in [0.1, 0.15) is 18.1 Å². The summed E-state index contributed by atoms with van der Waals surface area (Å²) in [6.07, 6.45) is -2.96. The Morgan fingerprint density at radius 1 is 1.11 bits per heavy atom. The first-order chi connectivity index (χ1) is 13.3. The standard InChI is InChI=1S/C20H18F3IN2O2/c1-2-28-19(27)18(12-25-13-24)26-11-14-3-5-15(6-4-14)16-7-9-17(10-8-16)20(21,22)23/h3-10,12-13,26H,2,11H2,1H3/b18-12-,25-13?. The molecule has 0 spiro atoms. The summed E-state index contributed by atoms with van der Waals surface area (Å²) < 4.78 is 44.5. The molecule has 0 saturated carbocycles. The highest BCUT2D eigenvalue weighted by Crippen LogP contribution is 2.31. The van der Waals surface area contributed by atoms with E-state index in [0.29, 0.717) is 12.1 Å². The molecule has 2 rings (SSSR count). The number of esters is 1. The van der Waals surface area contributed by atoms with E-state index in [0.717, 1.165) is 23.3 Å². The zero-order valence-corrected chi connectivity index (χ0v) is 17.1. The summed E-state index contributed by atoms with van der Waals surface area (Å²) in [6.45, 7) is 2.35. The van der Waals surface area contributed by atoms with Gasteiger partial charge in [0, 0.05) is 6.54 Å². The number of aliphatic imine (C=N–C) groups is 1. The van der Waals surface area contributed by atoms with Crippen molar-refractivity contribution >= 4 is 32.8 Å². The molecule has 0 saturated heterocycles. The third-order valence-corrected chi connectivity index (χ3v) is 4.06. The first-order valence-electron chi connectivity index (χ1n) is 8.34. The Morgan fingerprint density at radius 3 is 2.18 bits per heavy atom. The van der Waals surface area contributed by atoms with Crippen molar-refractivity contribution in [1.29, 1.82) is 0 Å². The predicted molar refractivity (Wildman–Crippen MR) is 111 cm³/mol. The van der Waals surface area contributed by atoms with Crippen LogP contribution >= 0.6 is 22.6 Å². The second kappa shape index (κ2) is 10.3. The minimum Gasteiger partial charge on any atom is -0.461 e. The SMILES string of the molecule is CCOC(=O)/C(=C/N=CI)NCc1ccc(-c2ccc(C(F)(F)F)cc2)cc1. The molecule has 0 aliphatic rings. The molecule has 0 heterocycles. The maximum absolute atomic E-state index is 12.7. The molecule has 0 unspecified atom stereocenters. The Morgan fingerprint density at radius 2 is 1.68 bits per heavy atom. The van der Waals surface area contributed by atoms with Gasteiger partial charge < -0.3 is 10.1 Å². The molecular weight excluding hydrogens is 484 g/mol. The number of carbonyl (C=O) groups excluding carboxylic acids is 1. The lowest BCUT2D eigenvalue weighted by molar-refractivity contribution is -0.139. The van der Waals surface area contributed by atoms with Gasteiger partial charge >= 0.3 is 12.1 Å². The minimum atomic E-state index is -4.35. The molecule has 0 amide bonds. The monoisotopic (exact) mass is 502 g/mol. The highest BCUT2D eigenvalue weighted by atomic mass is 127. The Labute approximate surface area is 174 Å². The number of alkyl halides is 3. The fourth-order valence-corrected chi connectivity index (χ4v) is 2.51. The fourth-order valence-electron chi connectivity index (χ4n) is 2.35. The molecule has 28 heavy (non-hydrogen) atoms. The largest absolute Gasteiger partial charge is 0.461 e. The summed E-state index contributed by atoms with van der Waals surface area (Å²) in [5, 5.41) is 2.98. The van der Waals surface area contributed by atoms with Crippen LogP contribution in [0.4, 0.5) is 13.2 Å². The number of ether oxygens (including phenoxy) is 1. The molecule has 1 N–H and O–H groups in total. The van der Waals surface area contributed by atoms with E-state index in [9.17, 15) is 18.0 Å². The molecule has 0 radical (unpaired) electrons. The average Bonchev–Trinajstić information content (AvgIpc) is 2.68. The third-order valence-electron chi connectivity index (χ3n) is 3.74. The van der Waals surface area contributed by atoms with Crippen LogP contribution in [0.25, 0.3) is 11.1 Å². The maximum atomic E-state index is 12.7. The van der Waals surface area contributed by atoms with E-state index in [1.54, 1.807) is 6.92 Å². The van der Waals surface area contributed by atoms with Crippen LogP contribution in [0, 0.1) is 0 Å². The first-order valence-corrected chi connectivity index (χ1v) is 9.59. The van der Waals surface area contributed by atoms with Gasteiger partial charge in [0.05, 0.1) is 22.6 Å². The lowest BCUT2D eigenvalue weighted by Crippen LogP contribution is -2.22. The summed E-state index contributed by atoms with van der Waals surface area (Å²) in [6, 6.07) is 12.3. The Bertz CT molecular complexity index is 845. The number of halogens is 4. The highest BCUT2D eigenvalue weighted by Gasteiger charge is 2.29. The molecule has 148 valence electrons. The van der Waals surface area contributed by atoms with Gasteiger partial charge in [-0.05, 0) is 58.3 Å². The van der Waals surface area contributed by atoms with Crippen molar-refractivity contribution in [2.45, 2.75) is 19.6 Å². The van der Waals surface area contributed by atoms with Gasteiger partial charge in [-0.1, -0.05) is 36.4 Å². The second-order valence-electron chi connectivity index (χ2n) is 5.64. The van der Waals surface area contributed by atoms with Crippen molar-refractivity contribution in [3.8, 4) is 11.1 Å². The zero-order chi connectivity index (χ0) is 20.6. The van der Waals surface area contributed by atoms with Crippen molar-refractivity contribution in [2.75, 3.05) is 6.61 Å². The predicted octanol–water partition coefficient (Wildman–Crippen LogP) is 5.33. The van der Waals surface area contributed by atoms with Crippen LogP contribution in [-0.4, -0.2) is 16.8 Å². The fraction of sp³-hybridized carbons (Fsp3) is 0.200. The summed E-state index contributed by atoms with van der Waals surface area (Å²) in [5.74, 6) is -0.495. The van der Waals surface area contributed by atoms with Gasteiger partial charge in [-0.15, -0.1) is 0 Å². The number of hydrogen-bond acceptors (Lipinski definition) is 4. The molecule has 0 aliphatic heterocycles.